The van der Waals surface area contributed by atoms with Crippen molar-refractivity contribution < 1.29 is 4.79 Å². The Morgan fingerprint density at radius 3 is 2.39 bits per heavy atom. The summed E-state index contributed by atoms with van der Waals surface area (Å²) in [7, 11) is 0. The molecule has 0 saturated heterocycles. The highest BCUT2D eigenvalue weighted by molar-refractivity contribution is 9.10. The molecular weight excluding hydrogens is 290 g/mol. The van der Waals surface area contributed by atoms with E-state index in [9.17, 15) is 4.79 Å². The minimum Gasteiger partial charge on any atom is -0.301 e. The summed E-state index contributed by atoms with van der Waals surface area (Å²) < 4.78 is 1.01. The number of carbonyl (C=O) groups is 1. The largest absolute Gasteiger partial charge is 0.301 e. The van der Waals surface area contributed by atoms with Crippen molar-refractivity contribution in [2.75, 3.05) is 13.1 Å². The Morgan fingerprint density at radius 2 is 1.89 bits per heavy atom. The molecule has 0 heterocycles. The van der Waals surface area contributed by atoms with Gasteiger partial charge in [0, 0.05) is 22.5 Å². The van der Waals surface area contributed by atoms with E-state index in [0.29, 0.717) is 12.5 Å². The van der Waals surface area contributed by atoms with E-state index in [1.54, 1.807) is 0 Å². The first-order valence-electron chi connectivity index (χ1n) is 6.57. The molecule has 18 heavy (non-hydrogen) atoms. The topological polar surface area (TPSA) is 20.3 Å². The summed E-state index contributed by atoms with van der Waals surface area (Å²) in [6.45, 7) is 8.59. The number of hydrogen-bond donors (Lipinski definition) is 0. The molecule has 0 aliphatic heterocycles. The predicted molar refractivity (Wildman–Crippen MR) is 80.1 cm³/mol. The molecule has 0 N–H and O–H groups in total. The van der Waals surface area contributed by atoms with E-state index in [0.717, 1.165) is 29.5 Å². The standard InChI is InChI=1S/C15H22BrNO/c1-4-17(12(2)3)11-5-6-15(18)13-7-9-14(16)10-8-13/h7-10,12H,4-6,11H2,1-3H3. The fourth-order valence-corrected chi connectivity index (χ4v) is 2.27. The smallest absolute Gasteiger partial charge is 0.162 e. The first-order valence-corrected chi connectivity index (χ1v) is 7.36. The molecule has 0 saturated carbocycles. The molecule has 0 fully saturated rings. The number of Topliss-reactive ketones (excluding diaryl/α,β-unsaturated/α-hetero) is 1. The molecule has 0 amide bonds. The van der Waals surface area contributed by atoms with E-state index in [2.05, 4.69) is 41.6 Å². The van der Waals surface area contributed by atoms with Gasteiger partial charge >= 0.3 is 0 Å². The maximum Gasteiger partial charge on any atom is 0.162 e. The van der Waals surface area contributed by atoms with Gasteiger partial charge in [-0.15, -0.1) is 0 Å². The zero-order valence-corrected chi connectivity index (χ0v) is 13.0. The lowest BCUT2D eigenvalue weighted by Crippen LogP contribution is -2.31. The van der Waals surface area contributed by atoms with Crippen LogP contribution >= 0.6 is 15.9 Å². The van der Waals surface area contributed by atoms with E-state index in [-0.39, 0.29) is 5.78 Å². The molecule has 3 heteroatoms. The summed E-state index contributed by atoms with van der Waals surface area (Å²) in [6.07, 6.45) is 1.56. The Labute approximate surface area is 119 Å². The SMILES string of the molecule is CCN(CCCC(=O)c1ccc(Br)cc1)C(C)C. The third-order valence-corrected chi connectivity index (χ3v) is 3.68. The van der Waals surface area contributed by atoms with Gasteiger partial charge in [0.1, 0.15) is 0 Å². The summed E-state index contributed by atoms with van der Waals surface area (Å²) in [5, 5.41) is 0. The van der Waals surface area contributed by atoms with Gasteiger partial charge in [0.2, 0.25) is 0 Å². The molecule has 0 radical (unpaired) electrons. The maximum absolute atomic E-state index is 12.0. The minimum absolute atomic E-state index is 0.238. The van der Waals surface area contributed by atoms with Gasteiger partial charge in [-0.25, -0.2) is 0 Å². The molecule has 1 aromatic rings. The lowest BCUT2D eigenvalue weighted by atomic mass is 10.1. The van der Waals surface area contributed by atoms with Crippen LogP contribution in [0.2, 0.25) is 0 Å². The molecule has 100 valence electrons. The number of hydrogen-bond acceptors (Lipinski definition) is 2. The Bertz CT molecular complexity index is 373. The second kappa shape index (κ2) is 7.70. The van der Waals surface area contributed by atoms with Gasteiger partial charge in [-0.05, 0) is 45.5 Å². The highest BCUT2D eigenvalue weighted by atomic mass is 79.9. The molecule has 0 aliphatic rings. The Morgan fingerprint density at radius 1 is 1.28 bits per heavy atom. The summed E-state index contributed by atoms with van der Waals surface area (Å²) in [6, 6.07) is 8.15. The number of rotatable bonds is 7. The number of carbonyl (C=O) groups excluding carboxylic acids is 1. The molecule has 1 rings (SSSR count). The molecule has 0 spiro atoms. The summed E-state index contributed by atoms with van der Waals surface area (Å²) in [4.78, 5) is 14.3. The van der Waals surface area contributed by atoms with Crippen LogP contribution in [0.1, 0.15) is 44.0 Å². The Hall–Kier alpha value is -0.670. The number of ketones is 1. The summed E-state index contributed by atoms with van der Waals surface area (Å²) in [5.41, 5.74) is 0.811. The van der Waals surface area contributed by atoms with Crippen molar-refractivity contribution >= 4 is 21.7 Å². The minimum atomic E-state index is 0.238. The van der Waals surface area contributed by atoms with Crippen molar-refractivity contribution in [1.29, 1.82) is 0 Å². The molecule has 0 aliphatic carbocycles. The van der Waals surface area contributed by atoms with Crippen LogP contribution in [-0.4, -0.2) is 29.8 Å². The fourth-order valence-electron chi connectivity index (χ4n) is 2.00. The van der Waals surface area contributed by atoms with Crippen LogP contribution in [0.3, 0.4) is 0 Å². The quantitative estimate of drug-likeness (QED) is 0.705. The predicted octanol–water partition coefficient (Wildman–Crippen LogP) is 4.14. The van der Waals surface area contributed by atoms with E-state index >= 15 is 0 Å². The normalized spacial score (nSPS) is 11.2. The van der Waals surface area contributed by atoms with Crippen LogP contribution in [0.5, 0.6) is 0 Å². The molecule has 0 unspecified atom stereocenters. The van der Waals surface area contributed by atoms with Gasteiger partial charge in [-0.3, -0.25) is 4.79 Å². The number of nitrogens with zero attached hydrogens (tertiary/aromatic N) is 1. The van der Waals surface area contributed by atoms with Crippen molar-refractivity contribution in [2.24, 2.45) is 0 Å². The van der Waals surface area contributed by atoms with E-state index in [1.165, 1.54) is 0 Å². The lowest BCUT2D eigenvalue weighted by Gasteiger charge is -2.24. The maximum atomic E-state index is 12.0. The first kappa shape index (κ1) is 15.4. The van der Waals surface area contributed by atoms with E-state index in [1.807, 2.05) is 24.3 Å². The second-order valence-electron chi connectivity index (χ2n) is 4.76. The molecular formula is C15H22BrNO. The summed E-state index contributed by atoms with van der Waals surface area (Å²) >= 11 is 3.37. The average Bonchev–Trinajstić information content (AvgIpc) is 2.34. The molecule has 0 bridgehead atoms. The Kier molecular flexibility index (Phi) is 6.58. The third kappa shape index (κ3) is 4.91. The Balaban J connectivity index is 2.39. The van der Waals surface area contributed by atoms with Gasteiger partial charge in [0.25, 0.3) is 0 Å². The van der Waals surface area contributed by atoms with Crippen molar-refractivity contribution in [2.45, 2.75) is 39.7 Å². The van der Waals surface area contributed by atoms with Crippen molar-refractivity contribution in [1.82, 2.24) is 4.90 Å². The fraction of sp³-hybridized carbons (Fsp3) is 0.533. The molecule has 0 atom stereocenters. The van der Waals surface area contributed by atoms with Crippen molar-refractivity contribution in [3.8, 4) is 0 Å². The van der Waals surface area contributed by atoms with E-state index < -0.39 is 0 Å². The van der Waals surface area contributed by atoms with Crippen LogP contribution in [-0.2, 0) is 0 Å². The molecule has 0 aromatic heterocycles. The molecule has 2 nitrogen and oxygen atoms in total. The average molecular weight is 312 g/mol. The van der Waals surface area contributed by atoms with Crippen LogP contribution in [0, 0.1) is 0 Å². The van der Waals surface area contributed by atoms with Crippen LogP contribution in [0.4, 0.5) is 0 Å². The van der Waals surface area contributed by atoms with Gasteiger partial charge in [0.05, 0.1) is 0 Å². The van der Waals surface area contributed by atoms with Crippen LogP contribution < -0.4 is 0 Å². The van der Waals surface area contributed by atoms with Gasteiger partial charge in [-0.1, -0.05) is 35.0 Å². The highest BCUT2D eigenvalue weighted by Crippen LogP contribution is 2.13. The summed E-state index contributed by atoms with van der Waals surface area (Å²) in [5.74, 6) is 0.238. The monoisotopic (exact) mass is 311 g/mol. The van der Waals surface area contributed by atoms with Crippen LogP contribution in [0.25, 0.3) is 0 Å². The number of halogens is 1. The first-order chi connectivity index (χ1) is 8.54. The van der Waals surface area contributed by atoms with Gasteiger partial charge in [0.15, 0.2) is 5.78 Å². The van der Waals surface area contributed by atoms with Crippen molar-refractivity contribution in [3.05, 3.63) is 34.3 Å². The number of benzene rings is 1. The van der Waals surface area contributed by atoms with Gasteiger partial charge < -0.3 is 4.90 Å². The van der Waals surface area contributed by atoms with Crippen LogP contribution in [0.15, 0.2) is 28.7 Å². The van der Waals surface area contributed by atoms with Crippen molar-refractivity contribution in [3.63, 3.8) is 0 Å². The zero-order valence-electron chi connectivity index (χ0n) is 11.4. The molecule has 1 aromatic carbocycles. The highest BCUT2D eigenvalue weighted by Gasteiger charge is 2.09. The van der Waals surface area contributed by atoms with E-state index in [4.69, 9.17) is 0 Å². The van der Waals surface area contributed by atoms with Gasteiger partial charge in [-0.2, -0.15) is 0 Å². The zero-order chi connectivity index (χ0) is 13.5. The third-order valence-electron chi connectivity index (χ3n) is 3.15. The second-order valence-corrected chi connectivity index (χ2v) is 5.67. The lowest BCUT2D eigenvalue weighted by molar-refractivity contribution is 0.0972.